The Morgan fingerprint density at radius 2 is 2.14 bits per heavy atom. The first-order valence-corrected chi connectivity index (χ1v) is 7.06. The first kappa shape index (κ1) is 10.8. The highest BCUT2D eigenvalue weighted by atomic mass is 32.2. The molecule has 0 aromatic rings. The van der Waals surface area contributed by atoms with Crippen LogP contribution in [0.1, 0.15) is 32.1 Å². The van der Waals surface area contributed by atoms with Gasteiger partial charge in [-0.15, -0.1) is 0 Å². The molecule has 3 heteroatoms. The van der Waals surface area contributed by atoms with E-state index in [0.29, 0.717) is 0 Å². The van der Waals surface area contributed by atoms with Crippen molar-refractivity contribution < 1.29 is 0 Å². The highest BCUT2D eigenvalue weighted by Gasteiger charge is 2.16. The van der Waals surface area contributed by atoms with Gasteiger partial charge in [0.2, 0.25) is 0 Å². The van der Waals surface area contributed by atoms with Crippen molar-refractivity contribution >= 4 is 11.8 Å². The highest BCUT2D eigenvalue weighted by molar-refractivity contribution is 8.00. The molecule has 2 aliphatic heterocycles. The zero-order chi connectivity index (χ0) is 9.64. The van der Waals surface area contributed by atoms with E-state index in [9.17, 15) is 0 Å². The van der Waals surface area contributed by atoms with Gasteiger partial charge in [0.15, 0.2) is 0 Å². The van der Waals surface area contributed by atoms with Crippen molar-refractivity contribution in [2.45, 2.75) is 43.4 Å². The summed E-state index contributed by atoms with van der Waals surface area (Å²) >= 11 is 2.15. The normalized spacial score (nSPS) is 33.4. The number of piperidine rings is 1. The summed E-state index contributed by atoms with van der Waals surface area (Å²) in [5, 5.41) is 8.09. The fourth-order valence-electron chi connectivity index (χ4n) is 2.32. The lowest BCUT2D eigenvalue weighted by Gasteiger charge is -2.24. The Hall–Kier alpha value is 0.270. The van der Waals surface area contributed by atoms with Crippen molar-refractivity contribution in [3.8, 4) is 0 Å². The van der Waals surface area contributed by atoms with Crippen LogP contribution in [0.25, 0.3) is 0 Å². The van der Waals surface area contributed by atoms with E-state index in [1.54, 1.807) is 0 Å². The van der Waals surface area contributed by atoms with Crippen molar-refractivity contribution in [2.24, 2.45) is 0 Å². The van der Waals surface area contributed by atoms with Crippen LogP contribution in [0.4, 0.5) is 0 Å². The zero-order valence-corrected chi connectivity index (χ0v) is 9.74. The van der Waals surface area contributed by atoms with Crippen molar-refractivity contribution in [3.05, 3.63) is 0 Å². The molecule has 0 bridgehead atoms. The second-order valence-electron chi connectivity index (χ2n) is 4.44. The van der Waals surface area contributed by atoms with Gasteiger partial charge in [0.05, 0.1) is 0 Å². The van der Waals surface area contributed by atoms with E-state index in [-0.39, 0.29) is 0 Å². The van der Waals surface area contributed by atoms with Gasteiger partial charge < -0.3 is 10.6 Å². The number of thioether (sulfide) groups is 1. The molecule has 0 aromatic carbocycles. The SMILES string of the molecule is C1CCC(CNCC2CCCS2)NC1. The van der Waals surface area contributed by atoms with Gasteiger partial charge >= 0.3 is 0 Å². The first-order valence-electron chi connectivity index (χ1n) is 6.01. The standard InChI is InChI=1S/C11H22N2S/c1-2-6-13-10(4-1)8-12-9-11-5-3-7-14-11/h10-13H,1-9H2. The van der Waals surface area contributed by atoms with Crippen LogP contribution in [0.2, 0.25) is 0 Å². The molecule has 2 saturated heterocycles. The molecule has 0 aromatic heterocycles. The lowest BCUT2D eigenvalue weighted by atomic mass is 10.1. The average molecular weight is 214 g/mol. The van der Waals surface area contributed by atoms with Gasteiger partial charge in [-0.25, -0.2) is 0 Å². The van der Waals surface area contributed by atoms with Crippen LogP contribution < -0.4 is 10.6 Å². The monoisotopic (exact) mass is 214 g/mol. The summed E-state index contributed by atoms with van der Waals surface area (Å²) in [6, 6.07) is 0.746. The molecule has 2 unspecified atom stereocenters. The second kappa shape index (κ2) is 5.99. The van der Waals surface area contributed by atoms with Crippen LogP contribution in [0.3, 0.4) is 0 Å². The quantitative estimate of drug-likeness (QED) is 0.743. The Bertz CT molecular complexity index is 151. The fourth-order valence-corrected chi connectivity index (χ4v) is 3.56. The van der Waals surface area contributed by atoms with E-state index in [2.05, 4.69) is 22.4 Å². The molecule has 0 radical (unpaired) electrons. The van der Waals surface area contributed by atoms with Crippen molar-refractivity contribution in [2.75, 3.05) is 25.4 Å². The minimum Gasteiger partial charge on any atom is -0.314 e. The van der Waals surface area contributed by atoms with Gasteiger partial charge in [0.1, 0.15) is 0 Å². The maximum atomic E-state index is 3.61. The number of nitrogens with one attached hydrogen (secondary N) is 2. The molecule has 2 atom stereocenters. The first-order chi connectivity index (χ1) is 6.95. The van der Waals surface area contributed by atoms with Crippen molar-refractivity contribution in [3.63, 3.8) is 0 Å². The molecule has 0 amide bonds. The molecule has 2 rings (SSSR count). The van der Waals surface area contributed by atoms with Gasteiger partial charge in [-0.3, -0.25) is 0 Å². The number of hydrogen-bond donors (Lipinski definition) is 2. The third-order valence-corrected chi connectivity index (χ3v) is 4.60. The van der Waals surface area contributed by atoms with Crippen molar-refractivity contribution in [1.29, 1.82) is 0 Å². The van der Waals surface area contributed by atoms with E-state index < -0.39 is 0 Å². The molecule has 2 aliphatic rings. The molecule has 2 N–H and O–H groups in total. The van der Waals surface area contributed by atoms with Gasteiger partial charge in [0, 0.05) is 24.4 Å². The minimum atomic E-state index is 0.746. The third kappa shape index (κ3) is 3.44. The Labute approximate surface area is 91.6 Å². The van der Waals surface area contributed by atoms with E-state index in [1.807, 2.05) is 0 Å². The molecule has 0 spiro atoms. The highest BCUT2D eigenvalue weighted by Crippen LogP contribution is 2.25. The predicted molar refractivity (Wildman–Crippen MR) is 64.0 cm³/mol. The van der Waals surface area contributed by atoms with Gasteiger partial charge in [0.25, 0.3) is 0 Å². The van der Waals surface area contributed by atoms with Gasteiger partial charge in [-0.1, -0.05) is 6.42 Å². The molecule has 0 saturated carbocycles. The molecule has 0 aliphatic carbocycles. The summed E-state index contributed by atoms with van der Waals surface area (Å²) in [7, 11) is 0. The molecule has 14 heavy (non-hydrogen) atoms. The van der Waals surface area contributed by atoms with Crippen molar-refractivity contribution in [1.82, 2.24) is 10.6 Å². The molecule has 2 fully saturated rings. The summed E-state index contributed by atoms with van der Waals surface area (Å²) in [5.74, 6) is 1.38. The van der Waals surface area contributed by atoms with Gasteiger partial charge in [-0.2, -0.15) is 11.8 Å². The van der Waals surface area contributed by atoms with E-state index >= 15 is 0 Å². The molecular formula is C11H22N2S. The zero-order valence-electron chi connectivity index (χ0n) is 8.93. The van der Waals surface area contributed by atoms with Gasteiger partial charge in [-0.05, 0) is 38.0 Å². The topological polar surface area (TPSA) is 24.1 Å². The second-order valence-corrected chi connectivity index (χ2v) is 5.85. The Morgan fingerprint density at radius 1 is 1.14 bits per heavy atom. The summed E-state index contributed by atoms with van der Waals surface area (Å²) in [4.78, 5) is 0. The van der Waals surface area contributed by atoms with E-state index in [0.717, 1.165) is 11.3 Å². The van der Waals surface area contributed by atoms with Crippen LogP contribution in [0.15, 0.2) is 0 Å². The van der Waals surface area contributed by atoms with Crippen LogP contribution in [0, 0.1) is 0 Å². The maximum Gasteiger partial charge on any atom is 0.0192 e. The van der Waals surface area contributed by atoms with Crippen LogP contribution in [-0.4, -0.2) is 36.7 Å². The molecule has 2 nitrogen and oxygen atoms in total. The molecule has 2 heterocycles. The number of rotatable bonds is 4. The van der Waals surface area contributed by atoms with Crippen LogP contribution in [0.5, 0.6) is 0 Å². The lowest BCUT2D eigenvalue weighted by molar-refractivity contribution is 0.383. The largest absolute Gasteiger partial charge is 0.314 e. The van der Waals surface area contributed by atoms with E-state index in [4.69, 9.17) is 0 Å². The summed E-state index contributed by atoms with van der Waals surface area (Å²) in [6.07, 6.45) is 7.01. The van der Waals surface area contributed by atoms with Crippen LogP contribution in [-0.2, 0) is 0 Å². The summed E-state index contributed by atoms with van der Waals surface area (Å²) in [6.45, 7) is 3.63. The smallest absolute Gasteiger partial charge is 0.0192 e. The Kier molecular flexibility index (Phi) is 4.61. The third-order valence-electron chi connectivity index (χ3n) is 3.20. The predicted octanol–water partition coefficient (Wildman–Crippen LogP) is 1.61. The van der Waals surface area contributed by atoms with Crippen LogP contribution >= 0.6 is 11.8 Å². The van der Waals surface area contributed by atoms with E-state index in [1.165, 1.54) is 57.5 Å². The average Bonchev–Trinajstić information content (AvgIpc) is 2.72. The fraction of sp³-hybridized carbons (Fsp3) is 1.00. The minimum absolute atomic E-state index is 0.746. The summed E-state index contributed by atoms with van der Waals surface area (Å²) in [5.41, 5.74) is 0. The Balaban J connectivity index is 1.52. The maximum absolute atomic E-state index is 3.61. The molecular weight excluding hydrogens is 192 g/mol. The lowest BCUT2D eigenvalue weighted by Crippen LogP contribution is -2.42. The summed E-state index contributed by atoms with van der Waals surface area (Å²) < 4.78 is 0. The molecule has 82 valence electrons. The Morgan fingerprint density at radius 3 is 2.86 bits per heavy atom. The number of hydrogen-bond acceptors (Lipinski definition) is 3.